The molecule has 1 aliphatic carbocycles. The zero-order chi connectivity index (χ0) is 9.14. The highest BCUT2D eigenvalue weighted by Crippen LogP contribution is 2.39. The summed E-state index contributed by atoms with van der Waals surface area (Å²) in [7, 11) is 0. The number of rotatable bonds is 3. The van der Waals surface area contributed by atoms with Crippen molar-refractivity contribution < 1.29 is 0 Å². The molecule has 1 fully saturated rings. The fourth-order valence-electron chi connectivity index (χ4n) is 2.99. The van der Waals surface area contributed by atoms with E-state index in [1.54, 1.807) is 0 Å². The van der Waals surface area contributed by atoms with Crippen LogP contribution in [0.1, 0.15) is 53.4 Å². The minimum atomic E-state index is 0.894. The molecule has 0 aromatic rings. The van der Waals surface area contributed by atoms with Crippen LogP contribution in [0.2, 0.25) is 0 Å². The molecule has 12 heavy (non-hydrogen) atoms. The van der Waals surface area contributed by atoms with Gasteiger partial charge in [0.15, 0.2) is 0 Å². The molecule has 0 nitrogen and oxygen atoms in total. The quantitative estimate of drug-likeness (QED) is 0.595. The topological polar surface area (TPSA) is 0 Å². The number of hydrogen-bond acceptors (Lipinski definition) is 0. The zero-order valence-corrected chi connectivity index (χ0v) is 9.14. The van der Waals surface area contributed by atoms with Crippen molar-refractivity contribution in [2.24, 2.45) is 23.7 Å². The van der Waals surface area contributed by atoms with E-state index in [2.05, 4.69) is 27.7 Å². The van der Waals surface area contributed by atoms with Crippen LogP contribution in [-0.2, 0) is 0 Å². The van der Waals surface area contributed by atoms with Gasteiger partial charge < -0.3 is 0 Å². The summed E-state index contributed by atoms with van der Waals surface area (Å²) < 4.78 is 0. The Bertz CT molecular complexity index is 126. The maximum Gasteiger partial charge on any atom is -0.0365 e. The van der Waals surface area contributed by atoms with Gasteiger partial charge in [-0.3, -0.25) is 0 Å². The molecule has 1 rings (SSSR count). The van der Waals surface area contributed by atoms with Crippen molar-refractivity contribution in [3.8, 4) is 0 Å². The molecular formula is C12H24. The van der Waals surface area contributed by atoms with Crippen molar-refractivity contribution in [1.82, 2.24) is 0 Å². The Kier molecular flexibility index (Phi) is 3.61. The largest absolute Gasteiger partial charge is 0.0651 e. The Morgan fingerprint density at radius 2 is 1.92 bits per heavy atom. The molecule has 0 aromatic heterocycles. The van der Waals surface area contributed by atoms with Gasteiger partial charge in [0, 0.05) is 0 Å². The van der Waals surface area contributed by atoms with Crippen LogP contribution in [0.25, 0.3) is 0 Å². The van der Waals surface area contributed by atoms with Crippen molar-refractivity contribution in [2.45, 2.75) is 53.4 Å². The van der Waals surface area contributed by atoms with Gasteiger partial charge in [-0.05, 0) is 36.5 Å². The first kappa shape index (κ1) is 10.1. The van der Waals surface area contributed by atoms with Gasteiger partial charge in [-0.1, -0.05) is 40.5 Å². The van der Waals surface area contributed by atoms with Crippen molar-refractivity contribution in [3.63, 3.8) is 0 Å². The summed E-state index contributed by atoms with van der Waals surface area (Å²) >= 11 is 0. The average molecular weight is 168 g/mol. The standard InChI is InChI=1S/C12H24/c1-5-12(9(2)3)11-7-6-10(4)8-11/h9-12H,5-8H2,1-4H3. The Morgan fingerprint density at radius 1 is 1.25 bits per heavy atom. The summed E-state index contributed by atoms with van der Waals surface area (Å²) in [6.45, 7) is 9.54. The monoisotopic (exact) mass is 168 g/mol. The fourth-order valence-corrected chi connectivity index (χ4v) is 2.99. The maximum absolute atomic E-state index is 2.41. The lowest BCUT2D eigenvalue weighted by atomic mass is 9.80. The second-order valence-electron chi connectivity index (χ2n) is 4.99. The summed E-state index contributed by atoms with van der Waals surface area (Å²) in [5.41, 5.74) is 0. The summed E-state index contributed by atoms with van der Waals surface area (Å²) in [6, 6.07) is 0. The van der Waals surface area contributed by atoms with Crippen LogP contribution in [0.15, 0.2) is 0 Å². The molecule has 3 atom stereocenters. The van der Waals surface area contributed by atoms with E-state index < -0.39 is 0 Å². The van der Waals surface area contributed by atoms with Crippen molar-refractivity contribution in [1.29, 1.82) is 0 Å². The maximum atomic E-state index is 2.41. The Hall–Kier alpha value is 0. The smallest absolute Gasteiger partial charge is 0.0365 e. The van der Waals surface area contributed by atoms with Crippen LogP contribution in [-0.4, -0.2) is 0 Å². The average Bonchev–Trinajstić information content (AvgIpc) is 2.37. The van der Waals surface area contributed by atoms with Gasteiger partial charge in [0.05, 0.1) is 0 Å². The molecule has 0 N–H and O–H groups in total. The van der Waals surface area contributed by atoms with E-state index in [1.807, 2.05) is 0 Å². The summed E-state index contributed by atoms with van der Waals surface area (Å²) in [5.74, 6) is 3.94. The highest BCUT2D eigenvalue weighted by atomic mass is 14.3. The minimum absolute atomic E-state index is 0.894. The van der Waals surface area contributed by atoms with Gasteiger partial charge in [-0.15, -0.1) is 0 Å². The second kappa shape index (κ2) is 4.30. The van der Waals surface area contributed by atoms with Crippen LogP contribution < -0.4 is 0 Å². The molecule has 0 spiro atoms. The van der Waals surface area contributed by atoms with Gasteiger partial charge in [0.1, 0.15) is 0 Å². The zero-order valence-electron chi connectivity index (χ0n) is 9.14. The predicted octanol–water partition coefficient (Wildman–Crippen LogP) is 4.10. The number of hydrogen-bond donors (Lipinski definition) is 0. The highest BCUT2D eigenvalue weighted by molar-refractivity contribution is 4.79. The molecule has 0 aromatic carbocycles. The first-order valence-corrected chi connectivity index (χ1v) is 5.65. The molecule has 0 heterocycles. The van der Waals surface area contributed by atoms with E-state index in [0.29, 0.717) is 0 Å². The molecule has 1 aliphatic rings. The van der Waals surface area contributed by atoms with Gasteiger partial charge >= 0.3 is 0 Å². The van der Waals surface area contributed by atoms with E-state index in [1.165, 1.54) is 25.7 Å². The molecule has 1 saturated carbocycles. The third kappa shape index (κ3) is 2.24. The van der Waals surface area contributed by atoms with Crippen LogP contribution in [0.3, 0.4) is 0 Å². The van der Waals surface area contributed by atoms with E-state index in [-0.39, 0.29) is 0 Å². The van der Waals surface area contributed by atoms with Gasteiger partial charge in [0.25, 0.3) is 0 Å². The van der Waals surface area contributed by atoms with Gasteiger partial charge in [-0.25, -0.2) is 0 Å². The molecule has 3 unspecified atom stereocenters. The summed E-state index contributed by atoms with van der Waals surface area (Å²) in [4.78, 5) is 0. The second-order valence-corrected chi connectivity index (χ2v) is 4.99. The summed E-state index contributed by atoms with van der Waals surface area (Å²) in [6.07, 6.45) is 5.86. The molecule has 0 saturated heterocycles. The lowest BCUT2D eigenvalue weighted by molar-refractivity contribution is 0.244. The SMILES string of the molecule is CCC(C(C)C)C1CCC(C)C1. The lowest BCUT2D eigenvalue weighted by Crippen LogP contribution is -2.17. The lowest BCUT2D eigenvalue weighted by Gasteiger charge is -2.25. The van der Waals surface area contributed by atoms with Crippen molar-refractivity contribution in [3.05, 3.63) is 0 Å². The Morgan fingerprint density at radius 3 is 2.25 bits per heavy atom. The molecule has 0 radical (unpaired) electrons. The van der Waals surface area contributed by atoms with Crippen LogP contribution >= 0.6 is 0 Å². The Balaban J connectivity index is 2.44. The van der Waals surface area contributed by atoms with E-state index >= 15 is 0 Å². The molecule has 0 aliphatic heterocycles. The molecule has 0 bridgehead atoms. The minimum Gasteiger partial charge on any atom is -0.0651 e. The first-order valence-electron chi connectivity index (χ1n) is 5.65. The van der Waals surface area contributed by atoms with E-state index in [0.717, 1.165) is 23.7 Å². The van der Waals surface area contributed by atoms with Crippen LogP contribution in [0, 0.1) is 23.7 Å². The Labute approximate surface area is 77.7 Å². The predicted molar refractivity (Wildman–Crippen MR) is 55.1 cm³/mol. The molecular weight excluding hydrogens is 144 g/mol. The van der Waals surface area contributed by atoms with E-state index in [9.17, 15) is 0 Å². The van der Waals surface area contributed by atoms with Gasteiger partial charge in [0.2, 0.25) is 0 Å². The van der Waals surface area contributed by atoms with Crippen molar-refractivity contribution in [2.75, 3.05) is 0 Å². The van der Waals surface area contributed by atoms with Gasteiger partial charge in [-0.2, -0.15) is 0 Å². The molecule has 0 heteroatoms. The van der Waals surface area contributed by atoms with Crippen LogP contribution in [0.4, 0.5) is 0 Å². The molecule has 72 valence electrons. The third-order valence-corrected chi connectivity index (χ3v) is 3.67. The van der Waals surface area contributed by atoms with Crippen LogP contribution in [0.5, 0.6) is 0 Å². The fraction of sp³-hybridized carbons (Fsp3) is 1.00. The van der Waals surface area contributed by atoms with Crippen molar-refractivity contribution >= 4 is 0 Å². The normalized spacial score (nSPS) is 32.8. The molecule has 0 amide bonds. The van der Waals surface area contributed by atoms with E-state index in [4.69, 9.17) is 0 Å². The summed E-state index contributed by atoms with van der Waals surface area (Å²) in [5, 5.41) is 0. The first-order chi connectivity index (χ1) is 5.65. The third-order valence-electron chi connectivity index (χ3n) is 3.67. The highest BCUT2D eigenvalue weighted by Gasteiger charge is 2.29.